The summed E-state index contributed by atoms with van der Waals surface area (Å²) >= 11 is 0. The van der Waals surface area contributed by atoms with Crippen LogP contribution in [0.2, 0.25) is 0 Å². The van der Waals surface area contributed by atoms with Crippen molar-refractivity contribution in [3.63, 3.8) is 0 Å². The van der Waals surface area contributed by atoms with Crippen molar-refractivity contribution in [2.45, 2.75) is 26.4 Å². The van der Waals surface area contributed by atoms with Crippen molar-refractivity contribution in [3.05, 3.63) is 65.7 Å². The summed E-state index contributed by atoms with van der Waals surface area (Å²) in [7, 11) is 0. The van der Waals surface area contributed by atoms with Crippen LogP contribution in [0.4, 0.5) is 0 Å². The van der Waals surface area contributed by atoms with Crippen molar-refractivity contribution in [3.8, 4) is 5.75 Å². The molecular weight excluding hydrogens is 262 g/mol. The van der Waals surface area contributed by atoms with Crippen LogP contribution in [0, 0.1) is 12.8 Å². The van der Waals surface area contributed by atoms with Crippen molar-refractivity contribution in [1.29, 1.82) is 0 Å². The van der Waals surface area contributed by atoms with E-state index in [0.717, 1.165) is 18.6 Å². The van der Waals surface area contributed by atoms with E-state index in [0.29, 0.717) is 6.61 Å². The van der Waals surface area contributed by atoms with Crippen LogP contribution in [0.25, 0.3) is 0 Å². The van der Waals surface area contributed by atoms with Crippen LogP contribution >= 0.6 is 0 Å². The van der Waals surface area contributed by atoms with E-state index in [-0.39, 0.29) is 11.8 Å². The molecule has 1 aliphatic rings. The van der Waals surface area contributed by atoms with Gasteiger partial charge < -0.3 is 10.5 Å². The lowest BCUT2D eigenvalue weighted by atomic mass is 10.2. The normalized spacial score (nSPS) is 13.0. The molecule has 0 aromatic heterocycles. The van der Waals surface area contributed by atoms with Gasteiger partial charge in [-0.3, -0.25) is 4.79 Å². The summed E-state index contributed by atoms with van der Waals surface area (Å²) in [6.07, 6.45) is 2.05. The minimum absolute atomic E-state index is 0.130. The molecule has 2 aromatic carbocycles. The van der Waals surface area contributed by atoms with Gasteiger partial charge in [0.2, 0.25) is 5.91 Å². The van der Waals surface area contributed by atoms with E-state index >= 15 is 0 Å². The zero-order valence-electron chi connectivity index (χ0n) is 12.3. The fourth-order valence-corrected chi connectivity index (χ4v) is 1.74. The second kappa shape index (κ2) is 7.48. The Morgan fingerprint density at radius 2 is 1.71 bits per heavy atom. The van der Waals surface area contributed by atoms with Gasteiger partial charge in [0.1, 0.15) is 12.4 Å². The lowest BCUT2D eigenvalue weighted by molar-refractivity contribution is -0.119. The standard InChI is InChI=1S/C14H14O.C4H7NO/c1-12-7-9-14(10-8-12)15-11-13-5-3-2-4-6-13;5-4(6)3-1-2-3/h2-10H,11H2,1H3;3H,1-2H2,(H2,5,6). The van der Waals surface area contributed by atoms with Gasteiger partial charge in [-0.05, 0) is 37.5 Å². The first kappa shape index (κ1) is 15.1. The van der Waals surface area contributed by atoms with Crippen LogP contribution in [-0.4, -0.2) is 5.91 Å². The second-order valence-electron chi connectivity index (χ2n) is 5.26. The quantitative estimate of drug-likeness (QED) is 0.934. The Kier molecular flexibility index (Phi) is 5.38. The molecule has 0 bridgehead atoms. The molecule has 0 heterocycles. The van der Waals surface area contributed by atoms with Crippen molar-refractivity contribution >= 4 is 5.91 Å². The van der Waals surface area contributed by atoms with Gasteiger partial charge in [-0.15, -0.1) is 0 Å². The van der Waals surface area contributed by atoms with Gasteiger partial charge in [0.15, 0.2) is 0 Å². The Bertz CT molecular complexity index is 560. The first-order valence-electron chi connectivity index (χ1n) is 7.18. The highest BCUT2D eigenvalue weighted by atomic mass is 16.5. The van der Waals surface area contributed by atoms with Crippen LogP contribution in [0.1, 0.15) is 24.0 Å². The largest absolute Gasteiger partial charge is 0.489 e. The number of carbonyl (C=O) groups is 1. The topological polar surface area (TPSA) is 52.3 Å². The van der Waals surface area contributed by atoms with Gasteiger partial charge in [0.05, 0.1) is 0 Å². The van der Waals surface area contributed by atoms with Crippen LogP contribution < -0.4 is 10.5 Å². The number of primary amides is 1. The molecule has 0 atom stereocenters. The zero-order chi connectivity index (χ0) is 15.1. The van der Waals surface area contributed by atoms with E-state index in [2.05, 4.69) is 31.2 Å². The number of hydrogen-bond acceptors (Lipinski definition) is 2. The van der Waals surface area contributed by atoms with Crippen molar-refractivity contribution < 1.29 is 9.53 Å². The van der Waals surface area contributed by atoms with E-state index in [4.69, 9.17) is 10.5 Å². The molecule has 0 saturated heterocycles. The minimum atomic E-state index is -0.130. The average molecular weight is 283 g/mol. The molecule has 1 saturated carbocycles. The summed E-state index contributed by atoms with van der Waals surface area (Å²) in [4.78, 5) is 9.98. The van der Waals surface area contributed by atoms with E-state index in [1.807, 2.05) is 30.3 Å². The molecule has 0 radical (unpaired) electrons. The zero-order valence-corrected chi connectivity index (χ0v) is 12.3. The lowest BCUT2D eigenvalue weighted by Gasteiger charge is -2.06. The SMILES string of the molecule is Cc1ccc(OCc2ccccc2)cc1.NC(=O)C1CC1. The van der Waals surface area contributed by atoms with Gasteiger partial charge >= 0.3 is 0 Å². The van der Waals surface area contributed by atoms with Crippen molar-refractivity contribution in [2.24, 2.45) is 11.7 Å². The van der Waals surface area contributed by atoms with Gasteiger partial charge in [-0.2, -0.15) is 0 Å². The van der Waals surface area contributed by atoms with Gasteiger partial charge in [-0.1, -0.05) is 48.0 Å². The van der Waals surface area contributed by atoms with Crippen LogP contribution in [0.5, 0.6) is 5.75 Å². The summed E-state index contributed by atoms with van der Waals surface area (Å²) in [6.45, 7) is 2.70. The van der Waals surface area contributed by atoms with E-state index in [1.54, 1.807) is 0 Å². The minimum Gasteiger partial charge on any atom is -0.489 e. The first-order valence-corrected chi connectivity index (χ1v) is 7.18. The second-order valence-corrected chi connectivity index (χ2v) is 5.26. The molecule has 1 aliphatic carbocycles. The third-order valence-electron chi connectivity index (χ3n) is 3.25. The Balaban J connectivity index is 0.000000225. The number of ether oxygens (including phenoxy) is 1. The smallest absolute Gasteiger partial charge is 0.220 e. The number of amides is 1. The molecule has 2 aromatic rings. The number of aryl methyl sites for hydroxylation is 1. The number of nitrogens with two attached hydrogens (primary N) is 1. The highest BCUT2D eigenvalue weighted by Crippen LogP contribution is 2.27. The highest BCUT2D eigenvalue weighted by Gasteiger charge is 2.26. The Hall–Kier alpha value is -2.29. The molecular formula is C18H21NO2. The maximum atomic E-state index is 9.98. The summed E-state index contributed by atoms with van der Waals surface area (Å²) in [5.41, 5.74) is 7.30. The summed E-state index contributed by atoms with van der Waals surface area (Å²) in [6, 6.07) is 18.3. The third-order valence-corrected chi connectivity index (χ3v) is 3.25. The average Bonchev–Trinajstić information content (AvgIpc) is 3.33. The van der Waals surface area contributed by atoms with Gasteiger partial charge in [-0.25, -0.2) is 0 Å². The molecule has 1 fully saturated rings. The molecule has 3 nitrogen and oxygen atoms in total. The lowest BCUT2D eigenvalue weighted by Crippen LogP contribution is -2.11. The van der Waals surface area contributed by atoms with Crippen LogP contribution in [0.15, 0.2) is 54.6 Å². The van der Waals surface area contributed by atoms with Crippen molar-refractivity contribution in [1.82, 2.24) is 0 Å². The van der Waals surface area contributed by atoms with E-state index in [9.17, 15) is 4.79 Å². The fraction of sp³-hybridized carbons (Fsp3) is 0.278. The predicted octanol–water partition coefficient (Wildman–Crippen LogP) is 3.46. The summed E-state index contributed by atoms with van der Waals surface area (Å²) in [5.74, 6) is 1.03. The number of hydrogen-bond donors (Lipinski definition) is 1. The number of carbonyl (C=O) groups excluding carboxylic acids is 1. The van der Waals surface area contributed by atoms with Crippen molar-refractivity contribution in [2.75, 3.05) is 0 Å². The number of rotatable bonds is 4. The Morgan fingerprint density at radius 3 is 2.19 bits per heavy atom. The molecule has 21 heavy (non-hydrogen) atoms. The molecule has 3 heteroatoms. The fourth-order valence-electron chi connectivity index (χ4n) is 1.74. The van der Waals surface area contributed by atoms with Crippen LogP contribution in [-0.2, 0) is 11.4 Å². The summed E-state index contributed by atoms with van der Waals surface area (Å²) in [5, 5.41) is 0. The molecule has 1 amide bonds. The predicted molar refractivity (Wildman–Crippen MR) is 83.9 cm³/mol. The maximum Gasteiger partial charge on any atom is 0.220 e. The van der Waals surface area contributed by atoms with Crippen LogP contribution in [0.3, 0.4) is 0 Å². The molecule has 2 N–H and O–H groups in total. The van der Waals surface area contributed by atoms with Gasteiger partial charge in [0.25, 0.3) is 0 Å². The molecule has 110 valence electrons. The monoisotopic (exact) mass is 283 g/mol. The van der Waals surface area contributed by atoms with E-state index in [1.165, 1.54) is 11.1 Å². The maximum absolute atomic E-state index is 9.98. The molecule has 0 aliphatic heterocycles. The molecule has 0 spiro atoms. The van der Waals surface area contributed by atoms with Gasteiger partial charge in [0, 0.05) is 5.92 Å². The first-order chi connectivity index (χ1) is 10.1. The van der Waals surface area contributed by atoms with E-state index < -0.39 is 0 Å². The number of benzene rings is 2. The summed E-state index contributed by atoms with van der Waals surface area (Å²) < 4.78 is 5.65. The third kappa shape index (κ3) is 5.69. The molecule has 3 rings (SSSR count). The Labute approximate surface area is 125 Å². The molecule has 0 unspecified atom stereocenters. The highest BCUT2D eigenvalue weighted by molar-refractivity contribution is 5.78. The Morgan fingerprint density at radius 1 is 1.10 bits per heavy atom.